The second-order valence-electron chi connectivity index (χ2n) is 12.3. The van der Waals surface area contributed by atoms with Crippen LogP contribution in [0.3, 0.4) is 0 Å². The Morgan fingerprint density at radius 1 is 1.06 bits per heavy atom. The molecular formula is C38H44ClN5O5. The van der Waals surface area contributed by atoms with Crippen molar-refractivity contribution in [1.82, 2.24) is 25.2 Å². The summed E-state index contributed by atoms with van der Waals surface area (Å²) in [6, 6.07) is 22.9. The van der Waals surface area contributed by atoms with Gasteiger partial charge in [0.2, 0.25) is 0 Å². The minimum atomic E-state index is -0.669. The molecule has 0 spiro atoms. The van der Waals surface area contributed by atoms with Gasteiger partial charge >= 0.3 is 5.97 Å². The largest absolute Gasteiger partial charge is 0.490 e. The molecule has 0 bridgehead atoms. The zero-order valence-electron chi connectivity index (χ0n) is 28.4. The lowest BCUT2D eigenvalue weighted by Crippen LogP contribution is -2.35. The van der Waals surface area contributed by atoms with Crippen molar-refractivity contribution in [3.63, 3.8) is 0 Å². The molecule has 2 aromatic heterocycles. The molecule has 0 aliphatic heterocycles. The van der Waals surface area contributed by atoms with E-state index in [0.29, 0.717) is 40.9 Å². The maximum absolute atomic E-state index is 13.4. The highest BCUT2D eigenvalue weighted by Gasteiger charge is 2.19. The van der Waals surface area contributed by atoms with Crippen molar-refractivity contribution in [2.75, 3.05) is 20.3 Å². The van der Waals surface area contributed by atoms with Crippen molar-refractivity contribution < 1.29 is 24.2 Å². The second kappa shape index (κ2) is 16.6. The number of nitrogens with zero attached hydrogens (tertiary/aromatic N) is 2. The van der Waals surface area contributed by atoms with Gasteiger partial charge in [0, 0.05) is 36.5 Å². The molecule has 49 heavy (non-hydrogen) atoms. The Bertz CT molecular complexity index is 1880. The number of H-pyrrole nitrogens is 1. The predicted octanol–water partition coefficient (Wildman–Crippen LogP) is 6.53. The maximum atomic E-state index is 13.4. The molecule has 0 aliphatic rings. The van der Waals surface area contributed by atoms with Crippen molar-refractivity contribution in [1.29, 1.82) is 0 Å². The number of rotatable bonds is 16. The van der Waals surface area contributed by atoms with Gasteiger partial charge in [-0.2, -0.15) is 0 Å². The number of aromatic amines is 1. The number of carbonyl (C=O) groups is 2. The fourth-order valence-corrected chi connectivity index (χ4v) is 5.90. The number of unbranched alkanes of at least 4 members (excludes halogenated alkanes) is 1. The fourth-order valence-electron chi connectivity index (χ4n) is 5.63. The second-order valence-corrected chi connectivity index (χ2v) is 12.7. The normalized spacial score (nSPS) is 12.0. The monoisotopic (exact) mass is 685 g/mol. The molecule has 2 heterocycles. The molecule has 0 saturated heterocycles. The van der Waals surface area contributed by atoms with Crippen LogP contribution < -0.4 is 15.4 Å². The number of halogens is 1. The Morgan fingerprint density at radius 2 is 1.84 bits per heavy atom. The molecule has 10 nitrogen and oxygen atoms in total. The van der Waals surface area contributed by atoms with E-state index < -0.39 is 6.10 Å². The molecule has 0 aliphatic carbocycles. The number of amides is 1. The van der Waals surface area contributed by atoms with E-state index in [1.807, 2.05) is 74.5 Å². The summed E-state index contributed by atoms with van der Waals surface area (Å²) in [5.74, 6) is 0.759. The highest BCUT2D eigenvalue weighted by atomic mass is 35.5. The van der Waals surface area contributed by atoms with Crippen LogP contribution >= 0.6 is 11.6 Å². The van der Waals surface area contributed by atoms with Gasteiger partial charge in [0.15, 0.2) is 5.15 Å². The molecule has 1 atom stereocenters. The number of fused-ring (bicyclic) bond motifs is 1. The number of aromatic nitrogens is 3. The third-order valence-electron chi connectivity index (χ3n) is 8.27. The Morgan fingerprint density at radius 3 is 2.57 bits per heavy atom. The number of esters is 1. The summed E-state index contributed by atoms with van der Waals surface area (Å²) in [7, 11) is 1.38. The number of methoxy groups -OCH3 is 1. The minimum Gasteiger partial charge on any atom is -0.490 e. The molecule has 258 valence electrons. The maximum Gasteiger partial charge on any atom is 0.338 e. The number of nitrogens with one attached hydrogen (secondary N) is 3. The molecule has 0 radical (unpaired) electrons. The van der Waals surface area contributed by atoms with Crippen LogP contribution in [-0.4, -0.2) is 63.9 Å². The minimum absolute atomic E-state index is 0.123. The number of aliphatic hydroxyl groups excluding tert-OH is 1. The molecule has 4 N–H and O–H groups in total. The quantitative estimate of drug-likeness (QED) is 0.0869. The number of ether oxygens (including phenoxy) is 2. The first-order valence-electron chi connectivity index (χ1n) is 16.6. The first kappa shape index (κ1) is 35.7. The summed E-state index contributed by atoms with van der Waals surface area (Å²) in [6.45, 7) is 7.39. The predicted molar refractivity (Wildman–Crippen MR) is 192 cm³/mol. The number of aryl methyl sites for hydroxylation is 1. The van der Waals surface area contributed by atoms with Crippen molar-refractivity contribution in [3.05, 3.63) is 106 Å². The molecule has 0 fully saturated rings. The molecule has 5 rings (SSSR count). The summed E-state index contributed by atoms with van der Waals surface area (Å²) in [5, 5.41) is 17.6. The molecule has 11 heteroatoms. The van der Waals surface area contributed by atoms with Crippen LogP contribution in [0.5, 0.6) is 5.75 Å². The molecular weight excluding hydrogens is 642 g/mol. The highest BCUT2D eigenvalue weighted by Crippen LogP contribution is 2.28. The Balaban J connectivity index is 1.31. The third-order valence-corrected chi connectivity index (χ3v) is 8.58. The van der Waals surface area contributed by atoms with Crippen LogP contribution in [0.25, 0.3) is 22.0 Å². The number of hydrogen-bond acceptors (Lipinski definition) is 7. The Hall–Kier alpha value is -4.64. The number of benzene rings is 3. The average molecular weight is 686 g/mol. The van der Waals surface area contributed by atoms with Crippen LogP contribution in [0.2, 0.25) is 5.15 Å². The van der Waals surface area contributed by atoms with Gasteiger partial charge in [-0.15, -0.1) is 0 Å². The zero-order chi connectivity index (χ0) is 34.9. The number of hydrogen-bond donors (Lipinski definition) is 4. The van der Waals surface area contributed by atoms with Gasteiger partial charge < -0.3 is 34.8 Å². The van der Waals surface area contributed by atoms with Gasteiger partial charge in [-0.1, -0.05) is 87.3 Å². The fraction of sp³-hybridized carbons (Fsp3) is 0.342. The van der Waals surface area contributed by atoms with E-state index in [2.05, 4.69) is 32.1 Å². The molecule has 1 amide bonds. The average Bonchev–Trinajstić information content (AvgIpc) is 3.68. The number of aliphatic hydroxyl groups is 1. The van der Waals surface area contributed by atoms with Crippen LogP contribution in [0.4, 0.5) is 0 Å². The van der Waals surface area contributed by atoms with Crippen LogP contribution in [-0.2, 0) is 24.2 Å². The van der Waals surface area contributed by atoms with Crippen LogP contribution in [0.1, 0.15) is 71.5 Å². The van der Waals surface area contributed by atoms with Gasteiger partial charge in [0.25, 0.3) is 5.91 Å². The molecule has 0 saturated carbocycles. The lowest BCUT2D eigenvalue weighted by Gasteiger charge is -2.15. The SMILES string of the molecule is CCCCc1nc(Cl)c(CNC(=O)c2cc3c(OCC(O)CNC(C)C)cccc3[nH]2)n1Cc1ccc(-c2ccccc2C(=O)OC)cc1. The van der Waals surface area contributed by atoms with Gasteiger partial charge in [-0.05, 0) is 47.4 Å². The van der Waals surface area contributed by atoms with E-state index in [4.69, 9.17) is 21.1 Å². The smallest absolute Gasteiger partial charge is 0.338 e. The highest BCUT2D eigenvalue weighted by molar-refractivity contribution is 6.30. The van der Waals surface area contributed by atoms with E-state index >= 15 is 0 Å². The van der Waals surface area contributed by atoms with E-state index in [0.717, 1.165) is 52.7 Å². The Labute approximate surface area is 291 Å². The van der Waals surface area contributed by atoms with Crippen molar-refractivity contribution in [2.45, 2.75) is 65.3 Å². The summed E-state index contributed by atoms with van der Waals surface area (Å²) < 4.78 is 13.0. The summed E-state index contributed by atoms with van der Waals surface area (Å²) in [5.41, 5.74) is 5.07. The van der Waals surface area contributed by atoms with E-state index in [9.17, 15) is 14.7 Å². The molecule has 1 unspecified atom stereocenters. The van der Waals surface area contributed by atoms with Gasteiger partial charge in [0.05, 0.1) is 24.9 Å². The van der Waals surface area contributed by atoms with Crippen molar-refractivity contribution in [3.8, 4) is 16.9 Å². The van der Waals surface area contributed by atoms with Gasteiger partial charge in [0.1, 0.15) is 30.0 Å². The third kappa shape index (κ3) is 8.89. The Kier molecular flexibility index (Phi) is 12.1. The zero-order valence-corrected chi connectivity index (χ0v) is 29.1. The lowest BCUT2D eigenvalue weighted by atomic mass is 9.98. The van der Waals surface area contributed by atoms with Crippen molar-refractivity contribution >= 4 is 34.4 Å². The first-order chi connectivity index (χ1) is 23.7. The van der Waals surface area contributed by atoms with E-state index in [1.54, 1.807) is 12.1 Å². The molecule has 3 aromatic carbocycles. The topological polar surface area (TPSA) is 130 Å². The van der Waals surface area contributed by atoms with E-state index in [-0.39, 0.29) is 31.1 Å². The summed E-state index contributed by atoms with van der Waals surface area (Å²) >= 11 is 6.70. The number of imidazole rings is 1. The van der Waals surface area contributed by atoms with Gasteiger partial charge in [-0.25, -0.2) is 9.78 Å². The first-order valence-corrected chi connectivity index (χ1v) is 17.0. The van der Waals surface area contributed by atoms with Crippen LogP contribution in [0.15, 0.2) is 72.8 Å². The van der Waals surface area contributed by atoms with Crippen LogP contribution in [0, 0.1) is 0 Å². The summed E-state index contributed by atoms with van der Waals surface area (Å²) in [4.78, 5) is 33.6. The standard InChI is InChI=1S/C38H44ClN5O5/c1-5-6-14-35-43-36(39)33(44(35)22-25-15-17-26(18-16-25)28-10-7-8-11-29(28)38(47)48-4)21-41-37(46)32-19-30-31(42-32)12-9-13-34(30)49-23-27(45)20-40-24(2)3/h7-13,15-19,24,27,40,42,45H,5-6,14,20-23H2,1-4H3,(H,41,46). The van der Waals surface area contributed by atoms with E-state index in [1.165, 1.54) is 7.11 Å². The summed E-state index contributed by atoms with van der Waals surface area (Å²) in [6.07, 6.45) is 2.04. The number of carbonyl (C=O) groups excluding carboxylic acids is 2. The van der Waals surface area contributed by atoms with Crippen molar-refractivity contribution in [2.24, 2.45) is 0 Å². The molecule has 5 aromatic rings. The lowest BCUT2D eigenvalue weighted by molar-refractivity contribution is 0.0601. The van der Waals surface area contributed by atoms with Gasteiger partial charge in [-0.3, -0.25) is 4.79 Å².